The molecule has 1 aliphatic heterocycles. The fourth-order valence-corrected chi connectivity index (χ4v) is 2.78. The van der Waals surface area contributed by atoms with E-state index in [1.54, 1.807) is 0 Å². The van der Waals surface area contributed by atoms with E-state index >= 15 is 0 Å². The lowest BCUT2D eigenvalue weighted by molar-refractivity contribution is 0.266. The average Bonchev–Trinajstić information content (AvgIpc) is 2.71. The molecule has 72 valence electrons. The van der Waals surface area contributed by atoms with Gasteiger partial charge in [-0.3, -0.25) is 0 Å². The van der Waals surface area contributed by atoms with Crippen molar-refractivity contribution in [3.05, 3.63) is 3.92 Å². The molecule has 13 heavy (non-hydrogen) atoms. The number of halogens is 1. The van der Waals surface area contributed by atoms with E-state index in [0.717, 1.165) is 28.4 Å². The number of aromatic nitrogens is 2. The number of anilines is 1. The number of hydrogen-bond acceptors (Lipinski definition) is 5. The lowest BCUT2D eigenvalue weighted by atomic mass is 10.2. The second-order valence-corrected chi connectivity index (χ2v) is 5.24. The van der Waals surface area contributed by atoms with Crippen LogP contribution in [-0.4, -0.2) is 34.5 Å². The Bertz CT molecular complexity index is 293. The molecule has 0 aromatic carbocycles. The molecule has 1 fully saturated rings. The number of hydrogen-bond donors (Lipinski definition) is 1. The molecule has 6 heteroatoms. The van der Waals surface area contributed by atoms with Crippen molar-refractivity contribution in [3.63, 3.8) is 0 Å². The van der Waals surface area contributed by atoms with Crippen LogP contribution in [0.2, 0.25) is 0 Å². The van der Waals surface area contributed by atoms with E-state index in [1.807, 2.05) is 0 Å². The first-order valence-electron chi connectivity index (χ1n) is 4.18. The third-order valence-corrected chi connectivity index (χ3v) is 3.62. The summed E-state index contributed by atoms with van der Waals surface area (Å²) in [5, 5.41) is 17.9. The summed E-state index contributed by atoms with van der Waals surface area (Å²) < 4.78 is 0.797. The van der Waals surface area contributed by atoms with Gasteiger partial charge in [0, 0.05) is 6.54 Å². The van der Waals surface area contributed by atoms with Crippen LogP contribution < -0.4 is 4.90 Å². The summed E-state index contributed by atoms with van der Waals surface area (Å²) in [5.74, 6) is 0. The number of rotatable bonds is 2. The van der Waals surface area contributed by atoms with E-state index in [-0.39, 0.29) is 12.6 Å². The summed E-state index contributed by atoms with van der Waals surface area (Å²) in [4.78, 5) is 2.13. The van der Waals surface area contributed by atoms with E-state index in [9.17, 15) is 0 Å². The predicted molar refractivity (Wildman–Crippen MR) is 55.1 cm³/mol. The zero-order valence-electron chi connectivity index (χ0n) is 6.98. The molecule has 1 aromatic heterocycles. The molecule has 1 atom stereocenters. The second kappa shape index (κ2) is 3.89. The maximum atomic E-state index is 9.11. The van der Waals surface area contributed by atoms with Gasteiger partial charge in [-0.1, -0.05) is 11.3 Å². The largest absolute Gasteiger partial charge is 0.394 e. The molecule has 0 bridgehead atoms. The minimum Gasteiger partial charge on any atom is -0.394 e. The standard InChI is InChI=1S/C7H10BrN3OS/c8-6-9-10-7(13-6)11-3-1-2-5(11)4-12/h5,12H,1-4H2. The highest BCUT2D eigenvalue weighted by Crippen LogP contribution is 2.29. The van der Waals surface area contributed by atoms with Gasteiger partial charge in [-0.25, -0.2) is 0 Å². The first kappa shape index (κ1) is 9.36. The molecular weight excluding hydrogens is 254 g/mol. The predicted octanol–water partition coefficient (Wildman–Crippen LogP) is 1.26. The van der Waals surface area contributed by atoms with Gasteiger partial charge in [0.25, 0.3) is 0 Å². The molecule has 2 heterocycles. The molecule has 0 amide bonds. The fraction of sp³-hybridized carbons (Fsp3) is 0.714. The van der Waals surface area contributed by atoms with Crippen LogP contribution in [0, 0.1) is 0 Å². The van der Waals surface area contributed by atoms with E-state index in [1.165, 1.54) is 11.3 Å². The van der Waals surface area contributed by atoms with Crippen LogP contribution in [0.3, 0.4) is 0 Å². The first-order chi connectivity index (χ1) is 6.31. The summed E-state index contributed by atoms with van der Waals surface area (Å²) in [6.45, 7) is 1.18. The molecule has 1 unspecified atom stereocenters. The van der Waals surface area contributed by atoms with Gasteiger partial charge in [0.2, 0.25) is 5.13 Å². The van der Waals surface area contributed by atoms with E-state index in [2.05, 4.69) is 31.0 Å². The third kappa shape index (κ3) is 1.84. The van der Waals surface area contributed by atoms with Crippen LogP contribution in [0.5, 0.6) is 0 Å². The summed E-state index contributed by atoms with van der Waals surface area (Å²) in [6, 6.07) is 0.236. The van der Waals surface area contributed by atoms with Crippen molar-refractivity contribution in [1.82, 2.24) is 10.2 Å². The number of nitrogens with zero attached hydrogens (tertiary/aromatic N) is 3. The zero-order valence-corrected chi connectivity index (χ0v) is 9.38. The maximum Gasteiger partial charge on any atom is 0.209 e. The van der Waals surface area contributed by atoms with Crippen LogP contribution in [-0.2, 0) is 0 Å². The van der Waals surface area contributed by atoms with Gasteiger partial charge >= 0.3 is 0 Å². The molecule has 1 N–H and O–H groups in total. The Labute approximate surface area is 88.7 Å². The van der Waals surface area contributed by atoms with Crippen molar-refractivity contribution < 1.29 is 5.11 Å². The smallest absolute Gasteiger partial charge is 0.209 e. The Kier molecular flexibility index (Phi) is 2.80. The summed E-state index contributed by atoms with van der Waals surface area (Å²) >= 11 is 4.79. The second-order valence-electron chi connectivity index (χ2n) is 3.01. The first-order valence-corrected chi connectivity index (χ1v) is 5.78. The molecule has 1 aromatic rings. The quantitative estimate of drug-likeness (QED) is 0.873. The van der Waals surface area contributed by atoms with Crippen molar-refractivity contribution in [2.24, 2.45) is 0 Å². The Morgan fingerprint density at radius 3 is 3.08 bits per heavy atom. The normalized spacial score (nSPS) is 22.6. The van der Waals surface area contributed by atoms with E-state index in [0.29, 0.717) is 0 Å². The van der Waals surface area contributed by atoms with Gasteiger partial charge in [0.15, 0.2) is 3.92 Å². The highest BCUT2D eigenvalue weighted by Gasteiger charge is 2.26. The van der Waals surface area contributed by atoms with Crippen LogP contribution in [0.1, 0.15) is 12.8 Å². The topological polar surface area (TPSA) is 49.2 Å². The molecule has 1 saturated heterocycles. The lowest BCUT2D eigenvalue weighted by Crippen LogP contribution is -2.31. The number of aliphatic hydroxyl groups is 1. The third-order valence-electron chi connectivity index (χ3n) is 2.22. The highest BCUT2D eigenvalue weighted by molar-refractivity contribution is 9.11. The SMILES string of the molecule is OCC1CCCN1c1nnc(Br)s1. The molecule has 4 nitrogen and oxygen atoms in total. The van der Waals surface area contributed by atoms with Crippen LogP contribution in [0.25, 0.3) is 0 Å². The average molecular weight is 264 g/mol. The maximum absolute atomic E-state index is 9.11. The van der Waals surface area contributed by atoms with Gasteiger partial charge in [0.1, 0.15) is 0 Å². The Hall–Kier alpha value is -0.200. The molecule has 0 spiro atoms. The monoisotopic (exact) mass is 263 g/mol. The highest BCUT2D eigenvalue weighted by atomic mass is 79.9. The van der Waals surface area contributed by atoms with Crippen molar-refractivity contribution in [2.75, 3.05) is 18.1 Å². The molecule has 0 radical (unpaired) electrons. The summed E-state index contributed by atoms with van der Waals surface area (Å²) in [7, 11) is 0. The van der Waals surface area contributed by atoms with Gasteiger partial charge in [0.05, 0.1) is 12.6 Å². The molecule has 2 rings (SSSR count). The van der Waals surface area contributed by atoms with Crippen molar-refractivity contribution in [1.29, 1.82) is 0 Å². The Balaban J connectivity index is 2.15. The zero-order chi connectivity index (χ0) is 9.26. The molecule has 0 aliphatic carbocycles. The lowest BCUT2D eigenvalue weighted by Gasteiger charge is -2.20. The van der Waals surface area contributed by atoms with Crippen molar-refractivity contribution >= 4 is 32.4 Å². The molecular formula is C7H10BrN3OS. The van der Waals surface area contributed by atoms with E-state index < -0.39 is 0 Å². The molecule has 1 aliphatic rings. The van der Waals surface area contributed by atoms with Crippen molar-refractivity contribution in [2.45, 2.75) is 18.9 Å². The van der Waals surface area contributed by atoms with Gasteiger partial charge < -0.3 is 10.0 Å². The summed E-state index contributed by atoms with van der Waals surface area (Å²) in [6.07, 6.45) is 2.18. The van der Waals surface area contributed by atoms with Gasteiger partial charge in [-0.2, -0.15) is 0 Å². The molecule has 0 saturated carbocycles. The Morgan fingerprint density at radius 1 is 1.62 bits per heavy atom. The van der Waals surface area contributed by atoms with Crippen molar-refractivity contribution in [3.8, 4) is 0 Å². The van der Waals surface area contributed by atoms with Gasteiger partial charge in [-0.05, 0) is 28.8 Å². The van der Waals surface area contributed by atoms with E-state index in [4.69, 9.17) is 5.11 Å². The fourth-order valence-electron chi connectivity index (χ4n) is 1.59. The van der Waals surface area contributed by atoms with Crippen LogP contribution in [0.4, 0.5) is 5.13 Å². The minimum atomic E-state index is 0.206. The summed E-state index contributed by atoms with van der Waals surface area (Å²) in [5.41, 5.74) is 0. The minimum absolute atomic E-state index is 0.206. The number of aliphatic hydroxyl groups excluding tert-OH is 1. The van der Waals surface area contributed by atoms with Crippen LogP contribution in [0.15, 0.2) is 3.92 Å². The van der Waals surface area contributed by atoms with Crippen LogP contribution >= 0.6 is 27.3 Å². The Morgan fingerprint density at radius 2 is 2.46 bits per heavy atom. The van der Waals surface area contributed by atoms with Gasteiger partial charge in [-0.15, -0.1) is 10.2 Å².